The third-order valence-electron chi connectivity index (χ3n) is 2.91. The van der Waals surface area contributed by atoms with Gasteiger partial charge in [-0.05, 0) is 30.5 Å². The lowest BCUT2D eigenvalue weighted by Gasteiger charge is -2.20. The smallest absolute Gasteiger partial charge is 0.115 e. The first-order chi connectivity index (χ1) is 8.24. The molecule has 0 spiro atoms. The molecule has 0 aliphatic heterocycles. The first-order valence-electron chi connectivity index (χ1n) is 5.51. The number of benzene rings is 1. The molecule has 0 bridgehead atoms. The van der Waals surface area contributed by atoms with E-state index >= 15 is 0 Å². The minimum atomic E-state index is -0.0719. The van der Waals surface area contributed by atoms with E-state index in [0.717, 1.165) is 5.56 Å². The highest BCUT2D eigenvalue weighted by Crippen LogP contribution is 2.26. The standard InChI is InChI=1S/C13H16N4/c1-9-4-3-5-10(2)12(9)13(17-14)11-6-15-8-16-7-11/h3-8,13,17H,14H2,1-2H3. The van der Waals surface area contributed by atoms with E-state index in [9.17, 15) is 0 Å². The molecule has 0 aliphatic carbocycles. The van der Waals surface area contributed by atoms with Gasteiger partial charge in [0.15, 0.2) is 0 Å². The molecule has 2 aromatic rings. The predicted octanol–water partition coefficient (Wildman–Crippen LogP) is 1.65. The van der Waals surface area contributed by atoms with Crippen molar-refractivity contribution < 1.29 is 0 Å². The number of hydrogen-bond donors (Lipinski definition) is 2. The van der Waals surface area contributed by atoms with Crippen LogP contribution in [0.3, 0.4) is 0 Å². The molecule has 17 heavy (non-hydrogen) atoms. The molecule has 0 saturated heterocycles. The van der Waals surface area contributed by atoms with Gasteiger partial charge in [-0.1, -0.05) is 18.2 Å². The van der Waals surface area contributed by atoms with Gasteiger partial charge < -0.3 is 0 Å². The summed E-state index contributed by atoms with van der Waals surface area (Å²) in [4.78, 5) is 8.06. The summed E-state index contributed by atoms with van der Waals surface area (Å²) >= 11 is 0. The molecule has 1 aromatic heterocycles. The van der Waals surface area contributed by atoms with Gasteiger partial charge in [0.1, 0.15) is 6.33 Å². The van der Waals surface area contributed by atoms with Gasteiger partial charge in [-0.3, -0.25) is 5.84 Å². The minimum Gasteiger partial charge on any atom is -0.271 e. The molecular formula is C13H16N4. The SMILES string of the molecule is Cc1cccc(C)c1C(NN)c1cncnc1. The number of aromatic nitrogens is 2. The molecule has 0 radical (unpaired) electrons. The highest BCUT2D eigenvalue weighted by Gasteiger charge is 2.16. The Balaban J connectivity index is 2.50. The van der Waals surface area contributed by atoms with Crippen LogP contribution in [0.4, 0.5) is 0 Å². The Morgan fingerprint density at radius 2 is 1.71 bits per heavy atom. The normalized spacial score (nSPS) is 12.4. The zero-order chi connectivity index (χ0) is 12.3. The average molecular weight is 228 g/mol. The van der Waals surface area contributed by atoms with E-state index in [1.807, 2.05) is 6.07 Å². The molecule has 4 heteroatoms. The van der Waals surface area contributed by atoms with Gasteiger partial charge in [0.2, 0.25) is 0 Å². The Labute approximate surface area is 101 Å². The Bertz CT molecular complexity index is 476. The van der Waals surface area contributed by atoms with Crippen molar-refractivity contribution in [3.8, 4) is 0 Å². The number of hydrogen-bond acceptors (Lipinski definition) is 4. The third-order valence-corrected chi connectivity index (χ3v) is 2.91. The van der Waals surface area contributed by atoms with Crippen LogP contribution < -0.4 is 11.3 Å². The fraction of sp³-hybridized carbons (Fsp3) is 0.231. The van der Waals surface area contributed by atoms with Gasteiger partial charge in [0, 0.05) is 18.0 Å². The van der Waals surface area contributed by atoms with Crippen LogP contribution in [0, 0.1) is 13.8 Å². The minimum absolute atomic E-state index is 0.0719. The maximum Gasteiger partial charge on any atom is 0.115 e. The van der Waals surface area contributed by atoms with Gasteiger partial charge in [-0.25, -0.2) is 15.4 Å². The number of nitrogens with two attached hydrogens (primary N) is 1. The van der Waals surface area contributed by atoms with Crippen molar-refractivity contribution in [3.05, 3.63) is 59.2 Å². The first kappa shape index (κ1) is 11.7. The maximum atomic E-state index is 5.67. The first-order valence-corrected chi connectivity index (χ1v) is 5.51. The number of aryl methyl sites for hydroxylation is 2. The summed E-state index contributed by atoms with van der Waals surface area (Å²) in [6.07, 6.45) is 5.08. The van der Waals surface area contributed by atoms with Crippen molar-refractivity contribution in [3.63, 3.8) is 0 Å². The average Bonchev–Trinajstić information content (AvgIpc) is 2.35. The second kappa shape index (κ2) is 5.03. The second-order valence-electron chi connectivity index (χ2n) is 4.08. The number of hydrazine groups is 1. The van der Waals surface area contributed by atoms with Crippen molar-refractivity contribution in [1.29, 1.82) is 0 Å². The van der Waals surface area contributed by atoms with E-state index < -0.39 is 0 Å². The van der Waals surface area contributed by atoms with Gasteiger partial charge in [0.05, 0.1) is 6.04 Å². The molecule has 1 heterocycles. The molecule has 0 aliphatic rings. The maximum absolute atomic E-state index is 5.67. The van der Waals surface area contributed by atoms with Crippen LogP contribution in [0.1, 0.15) is 28.3 Å². The van der Waals surface area contributed by atoms with Crippen LogP contribution in [-0.4, -0.2) is 9.97 Å². The summed E-state index contributed by atoms with van der Waals surface area (Å²) in [5.41, 5.74) is 7.40. The summed E-state index contributed by atoms with van der Waals surface area (Å²) in [6.45, 7) is 4.16. The summed E-state index contributed by atoms with van der Waals surface area (Å²) in [5, 5.41) is 0. The van der Waals surface area contributed by atoms with E-state index in [1.165, 1.54) is 23.0 Å². The van der Waals surface area contributed by atoms with Crippen LogP contribution in [0.15, 0.2) is 36.9 Å². The molecule has 88 valence electrons. The van der Waals surface area contributed by atoms with Crippen LogP contribution in [-0.2, 0) is 0 Å². The lowest BCUT2D eigenvalue weighted by molar-refractivity contribution is 0.625. The molecule has 0 fully saturated rings. The number of rotatable bonds is 3. The Kier molecular flexibility index (Phi) is 3.46. The predicted molar refractivity (Wildman–Crippen MR) is 67.1 cm³/mol. The van der Waals surface area contributed by atoms with Crippen molar-refractivity contribution in [2.24, 2.45) is 5.84 Å². The third kappa shape index (κ3) is 2.33. The van der Waals surface area contributed by atoms with E-state index in [2.05, 4.69) is 41.4 Å². The summed E-state index contributed by atoms with van der Waals surface area (Å²) in [6, 6.07) is 6.13. The largest absolute Gasteiger partial charge is 0.271 e. The van der Waals surface area contributed by atoms with Crippen LogP contribution in [0.5, 0.6) is 0 Å². The van der Waals surface area contributed by atoms with Crippen molar-refractivity contribution in [2.45, 2.75) is 19.9 Å². The van der Waals surface area contributed by atoms with Gasteiger partial charge in [0.25, 0.3) is 0 Å². The molecule has 4 nitrogen and oxygen atoms in total. The monoisotopic (exact) mass is 228 g/mol. The summed E-state index contributed by atoms with van der Waals surface area (Å²) in [7, 11) is 0. The molecular weight excluding hydrogens is 212 g/mol. The summed E-state index contributed by atoms with van der Waals surface area (Å²) < 4.78 is 0. The van der Waals surface area contributed by atoms with Gasteiger partial charge in [-0.2, -0.15) is 0 Å². The highest BCUT2D eigenvalue weighted by atomic mass is 15.2. The Morgan fingerprint density at radius 1 is 1.12 bits per heavy atom. The van der Waals surface area contributed by atoms with E-state index in [0.29, 0.717) is 0 Å². The lowest BCUT2D eigenvalue weighted by Crippen LogP contribution is -2.30. The molecule has 2 rings (SSSR count). The fourth-order valence-electron chi connectivity index (χ4n) is 2.09. The topological polar surface area (TPSA) is 63.8 Å². The van der Waals surface area contributed by atoms with Crippen molar-refractivity contribution in [1.82, 2.24) is 15.4 Å². The van der Waals surface area contributed by atoms with Crippen LogP contribution in [0.25, 0.3) is 0 Å². The molecule has 1 unspecified atom stereocenters. The quantitative estimate of drug-likeness (QED) is 0.619. The molecule has 3 N–H and O–H groups in total. The summed E-state index contributed by atoms with van der Waals surface area (Å²) in [5.74, 6) is 5.67. The van der Waals surface area contributed by atoms with E-state index in [4.69, 9.17) is 5.84 Å². The Morgan fingerprint density at radius 3 is 2.24 bits per heavy atom. The van der Waals surface area contributed by atoms with E-state index in [1.54, 1.807) is 12.4 Å². The number of nitrogens with zero attached hydrogens (tertiary/aromatic N) is 2. The van der Waals surface area contributed by atoms with Gasteiger partial charge >= 0.3 is 0 Å². The molecule has 0 saturated carbocycles. The zero-order valence-electron chi connectivity index (χ0n) is 10.0. The van der Waals surface area contributed by atoms with Crippen LogP contribution >= 0.6 is 0 Å². The second-order valence-corrected chi connectivity index (χ2v) is 4.08. The molecule has 0 amide bonds. The fourth-order valence-corrected chi connectivity index (χ4v) is 2.09. The van der Waals surface area contributed by atoms with Crippen molar-refractivity contribution >= 4 is 0 Å². The van der Waals surface area contributed by atoms with E-state index in [-0.39, 0.29) is 6.04 Å². The van der Waals surface area contributed by atoms with Crippen molar-refractivity contribution in [2.75, 3.05) is 0 Å². The van der Waals surface area contributed by atoms with Crippen LogP contribution in [0.2, 0.25) is 0 Å². The van der Waals surface area contributed by atoms with Gasteiger partial charge in [-0.15, -0.1) is 0 Å². The zero-order valence-corrected chi connectivity index (χ0v) is 10.0. The molecule has 1 aromatic carbocycles. The molecule has 1 atom stereocenters. The Hall–Kier alpha value is -1.78. The number of nitrogens with one attached hydrogen (secondary N) is 1. The highest BCUT2D eigenvalue weighted by molar-refractivity contribution is 5.40. The lowest BCUT2D eigenvalue weighted by atomic mass is 9.93.